The molecule has 0 aromatic heterocycles. The van der Waals surface area contributed by atoms with Gasteiger partial charge in [-0.2, -0.15) is 0 Å². The Kier molecular flexibility index (Phi) is 4.21. The highest BCUT2D eigenvalue weighted by Gasteiger charge is 2.46. The Hall–Kier alpha value is -2.70. The molecular weight excluding hydrogens is 318 g/mol. The van der Waals surface area contributed by atoms with Crippen molar-refractivity contribution in [1.29, 1.82) is 0 Å². The average Bonchev–Trinajstić information content (AvgIpc) is 2.66. The average molecular weight is 337 g/mol. The molecule has 3 atom stereocenters. The van der Waals surface area contributed by atoms with Crippen LogP contribution in [-0.4, -0.2) is 29.7 Å². The Balaban J connectivity index is 1.59. The molecule has 0 saturated carbocycles. The number of hydrogen-bond acceptors (Lipinski definition) is 5. The van der Waals surface area contributed by atoms with Crippen LogP contribution in [0.2, 0.25) is 0 Å². The molecule has 2 aliphatic heterocycles. The van der Waals surface area contributed by atoms with Crippen LogP contribution < -0.4 is 10.6 Å². The molecular formula is C19H19N3O3. The molecule has 6 nitrogen and oxygen atoms in total. The minimum absolute atomic E-state index is 0.126. The molecule has 25 heavy (non-hydrogen) atoms. The van der Waals surface area contributed by atoms with E-state index in [1.807, 2.05) is 60.7 Å². The lowest BCUT2D eigenvalue weighted by molar-refractivity contribution is -0.154. The van der Waals surface area contributed by atoms with Gasteiger partial charge in [-0.3, -0.25) is 20.3 Å². The standard InChI is InChI=1S/C19H19N3O3/c23-18-15-11-20-16(14-9-5-2-6-10-14)21-17(15)22(19(24)25-18)12-13-7-3-1-4-8-13/h1-10,15-17,20-21H,11-12H2. The van der Waals surface area contributed by atoms with E-state index >= 15 is 0 Å². The molecule has 6 heteroatoms. The van der Waals surface area contributed by atoms with Crippen molar-refractivity contribution >= 4 is 12.1 Å². The Morgan fingerprint density at radius 2 is 1.68 bits per heavy atom. The van der Waals surface area contributed by atoms with Crippen molar-refractivity contribution in [3.8, 4) is 0 Å². The van der Waals surface area contributed by atoms with Crippen molar-refractivity contribution < 1.29 is 14.3 Å². The van der Waals surface area contributed by atoms with Crippen LogP contribution in [0.25, 0.3) is 0 Å². The van der Waals surface area contributed by atoms with Crippen molar-refractivity contribution in [3.05, 3.63) is 71.8 Å². The quantitative estimate of drug-likeness (QED) is 0.662. The molecule has 0 bridgehead atoms. The van der Waals surface area contributed by atoms with E-state index < -0.39 is 24.1 Å². The predicted octanol–water partition coefficient (Wildman–Crippen LogP) is 2.00. The first kappa shape index (κ1) is 15.8. The Morgan fingerprint density at radius 1 is 1.00 bits per heavy atom. The Morgan fingerprint density at radius 3 is 2.40 bits per heavy atom. The number of benzene rings is 2. The first-order chi connectivity index (χ1) is 12.2. The number of amides is 1. The van der Waals surface area contributed by atoms with E-state index in [4.69, 9.17) is 4.74 Å². The molecule has 1 amide bonds. The van der Waals surface area contributed by atoms with Crippen molar-refractivity contribution in [2.24, 2.45) is 5.92 Å². The fraction of sp³-hybridized carbons (Fsp3) is 0.263. The summed E-state index contributed by atoms with van der Waals surface area (Å²) in [5.41, 5.74) is 2.05. The third kappa shape index (κ3) is 3.14. The van der Waals surface area contributed by atoms with E-state index in [0.717, 1.165) is 11.1 Å². The van der Waals surface area contributed by atoms with Crippen molar-refractivity contribution in [2.75, 3.05) is 6.54 Å². The monoisotopic (exact) mass is 337 g/mol. The summed E-state index contributed by atoms with van der Waals surface area (Å²) < 4.78 is 4.95. The van der Waals surface area contributed by atoms with Gasteiger partial charge in [-0.25, -0.2) is 4.79 Å². The molecule has 2 fully saturated rings. The van der Waals surface area contributed by atoms with Gasteiger partial charge in [0.05, 0.1) is 12.7 Å². The van der Waals surface area contributed by atoms with Gasteiger partial charge in [0.1, 0.15) is 12.1 Å². The van der Waals surface area contributed by atoms with Crippen molar-refractivity contribution in [1.82, 2.24) is 15.5 Å². The lowest BCUT2D eigenvalue weighted by Crippen LogP contribution is -2.66. The topological polar surface area (TPSA) is 70.7 Å². The van der Waals surface area contributed by atoms with E-state index in [1.165, 1.54) is 0 Å². The minimum Gasteiger partial charge on any atom is -0.376 e. The largest absolute Gasteiger partial charge is 0.419 e. The number of ether oxygens (including phenoxy) is 1. The minimum atomic E-state index is -0.601. The van der Waals surface area contributed by atoms with Crippen LogP contribution in [0.5, 0.6) is 0 Å². The maximum Gasteiger partial charge on any atom is 0.419 e. The molecule has 2 aromatic carbocycles. The molecule has 0 spiro atoms. The van der Waals surface area contributed by atoms with Crippen LogP contribution in [0.1, 0.15) is 17.3 Å². The van der Waals surface area contributed by atoms with Gasteiger partial charge in [0.25, 0.3) is 0 Å². The second-order valence-corrected chi connectivity index (χ2v) is 6.27. The van der Waals surface area contributed by atoms with E-state index in [-0.39, 0.29) is 6.17 Å². The second-order valence-electron chi connectivity index (χ2n) is 6.27. The van der Waals surface area contributed by atoms with Crippen molar-refractivity contribution in [3.63, 3.8) is 0 Å². The molecule has 2 aliphatic rings. The Bertz CT molecular complexity index is 766. The zero-order valence-corrected chi connectivity index (χ0v) is 13.6. The first-order valence-electron chi connectivity index (χ1n) is 8.33. The zero-order chi connectivity index (χ0) is 17.2. The van der Waals surface area contributed by atoms with Gasteiger partial charge >= 0.3 is 12.1 Å². The molecule has 2 N–H and O–H groups in total. The number of rotatable bonds is 3. The number of nitrogens with zero attached hydrogens (tertiary/aromatic N) is 1. The van der Waals surface area contributed by atoms with Crippen molar-refractivity contribution in [2.45, 2.75) is 18.9 Å². The predicted molar refractivity (Wildman–Crippen MR) is 91.1 cm³/mol. The fourth-order valence-corrected chi connectivity index (χ4v) is 3.36. The zero-order valence-electron chi connectivity index (χ0n) is 13.6. The van der Waals surface area contributed by atoms with Gasteiger partial charge in [-0.1, -0.05) is 60.7 Å². The normalized spacial score (nSPS) is 26.1. The van der Waals surface area contributed by atoms with Crippen LogP contribution in [0.4, 0.5) is 4.79 Å². The summed E-state index contributed by atoms with van der Waals surface area (Å²) in [5, 5.41) is 6.71. The summed E-state index contributed by atoms with van der Waals surface area (Å²) >= 11 is 0. The number of fused-ring (bicyclic) bond motifs is 1. The Labute approximate surface area is 145 Å². The third-order valence-electron chi connectivity index (χ3n) is 4.65. The molecule has 2 aromatic rings. The number of cyclic esters (lactones) is 2. The van der Waals surface area contributed by atoms with Gasteiger partial charge < -0.3 is 4.74 Å². The SMILES string of the molecule is O=C1OC(=O)N(Cc2ccccc2)C2NC(c3ccccc3)NCC12. The summed E-state index contributed by atoms with van der Waals surface area (Å²) in [6.07, 6.45) is -1.13. The maximum absolute atomic E-state index is 12.3. The lowest BCUT2D eigenvalue weighted by atomic mass is 9.98. The summed E-state index contributed by atoms with van der Waals surface area (Å²) in [5.74, 6) is -0.910. The number of carbonyl (C=O) groups excluding carboxylic acids is 2. The highest BCUT2D eigenvalue weighted by molar-refractivity contribution is 5.89. The van der Waals surface area contributed by atoms with Crippen LogP contribution >= 0.6 is 0 Å². The highest BCUT2D eigenvalue weighted by atomic mass is 16.6. The molecule has 2 heterocycles. The smallest absolute Gasteiger partial charge is 0.376 e. The number of hydrogen-bond donors (Lipinski definition) is 2. The molecule has 128 valence electrons. The third-order valence-corrected chi connectivity index (χ3v) is 4.65. The summed E-state index contributed by atoms with van der Waals surface area (Å²) in [6.45, 7) is 0.845. The summed E-state index contributed by atoms with van der Waals surface area (Å²) in [7, 11) is 0. The molecule has 2 saturated heterocycles. The number of nitrogens with one attached hydrogen (secondary N) is 2. The van der Waals surface area contributed by atoms with Gasteiger partial charge in [-0.15, -0.1) is 0 Å². The van der Waals surface area contributed by atoms with Crippen LogP contribution in [0, 0.1) is 5.92 Å². The van der Waals surface area contributed by atoms with E-state index in [2.05, 4.69) is 10.6 Å². The first-order valence-corrected chi connectivity index (χ1v) is 8.33. The second kappa shape index (κ2) is 6.66. The van der Waals surface area contributed by atoms with E-state index in [9.17, 15) is 9.59 Å². The highest BCUT2D eigenvalue weighted by Crippen LogP contribution is 2.27. The fourth-order valence-electron chi connectivity index (χ4n) is 3.36. The summed E-state index contributed by atoms with van der Waals surface area (Å²) in [6, 6.07) is 19.6. The molecule has 3 unspecified atom stereocenters. The van der Waals surface area contributed by atoms with Gasteiger partial charge in [0, 0.05) is 6.54 Å². The summed E-state index contributed by atoms with van der Waals surface area (Å²) in [4.78, 5) is 26.1. The van der Waals surface area contributed by atoms with Crippen LogP contribution in [-0.2, 0) is 16.1 Å². The van der Waals surface area contributed by atoms with Crippen LogP contribution in [0.3, 0.4) is 0 Å². The van der Waals surface area contributed by atoms with Gasteiger partial charge in [0.15, 0.2) is 0 Å². The molecule has 0 radical (unpaired) electrons. The van der Waals surface area contributed by atoms with E-state index in [1.54, 1.807) is 4.90 Å². The van der Waals surface area contributed by atoms with E-state index in [0.29, 0.717) is 13.1 Å². The molecule has 0 aliphatic carbocycles. The van der Waals surface area contributed by atoms with Gasteiger partial charge in [-0.05, 0) is 11.1 Å². The lowest BCUT2D eigenvalue weighted by Gasteiger charge is -2.45. The van der Waals surface area contributed by atoms with Crippen LogP contribution in [0.15, 0.2) is 60.7 Å². The number of carbonyl (C=O) groups is 2. The van der Waals surface area contributed by atoms with Gasteiger partial charge in [0.2, 0.25) is 0 Å². The molecule has 4 rings (SSSR count). The maximum atomic E-state index is 12.3. The number of esters is 1.